The van der Waals surface area contributed by atoms with Crippen LogP contribution in [0.2, 0.25) is 0 Å². The molecule has 2 rings (SSSR count). The first kappa shape index (κ1) is 10.1. The molecule has 3 heteroatoms. The van der Waals surface area contributed by atoms with Crippen molar-refractivity contribution in [2.45, 2.75) is 0 Å². The Balaban J connectivity index is 2.33. The van der Waals surface area contributed by atoms with E-state index in [2.05, 4.69) is 0 Å². The van der Waals surface area contributed by atoms with E-state index in [1.165, 1.54) is 0 Å². The molecular weight excluding hydrogens is 235 g/mol. The maximum absolute atomic E-state index is 12.0. The minimum absolute atomic E-state index is 0.190. The molecule has 0 aromatic heterocycles. The summed E-state index contributed by atoms with van der Waals surface area (Å²) in [5, 5.41) is 9.11. The van der Waals surface area contributed by atoms with Crippen LogP contribution in [0, 0.1) is 0 Å². The van der Waals surface area contributed by atoms with E-state index < -0.39 is 13.6 Å². The zero-order valence-electron chi connectivity index (χ0n) is 7.88. The third kappa shape index (κ3) is 2.32. The van der Waals surface area contributed by atoms with Gasteiger partial charge in [0.1, 0.15) is 0 Å². The Morgan fingerprint density at radius 3 is 1.93 bits per heavy atom. The average molecular weight is 245 g/mol. The quantitative estimate of drug-likeness (QED) is 0.866. The maximum atomic E-state index is 12.0. The van der Waals surface area contributed by atoms with Gasteiger partial charge in [-0.25, -0.2) is 0 Å². The van der Waals surface area contributed by atoms with Gasteiger partial charge in [0.05, 0.1) is 0 Å². The van der Waals surface area contributed by atoms with E-state index in [9.17, 15) is 3.87 Å². The van der Waals surface area contributed by atoms with Crippen LogP contribution in [0.4, 0.5) is 0 Å². The summed E-state index contributed by atoms with van der Waals surface area (Å²) in [6.07, 6.45) is 0. The molecule has 0 unspecified atom stereocenters. The van der Waals surface area contributed by atoms with Gasteiger partial charge in [-0.3, -0.25) is 0 Å². The molecule has 2 aromatic rings. The summed E-state index contributed by atoms with van der Waals surface area (Å²) in [7, 11) is 0. The Bertz CT molecular complexity index is 463. The van der Waals surface area contributed by atoms with Crippen LogP contribution in [0.1, 0.15) is 0 Å². The van der Waals surface area contributed by atoms with E-state index >= 15 is 0 Å². The van der Waals surface area contributed by atoms with E-state index in [-0.39, 0.29) is 5.75 Å². The average Bonchev–Trinajstić information content (AvgIpc) is 2.30. The second kappa shape index (κ2) is 4.38. The molecule has 2 aromatic carbocycles. The zero-order chi connectivity index (χ0) is 10.7. The molecule has 2 nitrogen and oxygen atoms in total. The van der Waals surface area contributed by atoms with Crippen LogP contribution in [-0.2, 0) is 17.5 Å². The van der Waals surface area contributed by atoms with Crippen molar-refractivity contribution in [3.8, 4) is 5.75 Å². The van der Waals surface area contributed by atoms with E-state index in [4.69, 9.17) is 5.11 Å². The molecule has 0 aliphatic rings. The second-order valence-electron chi connectivity index (χ2n) is 2.94. The molecule has 0 fully saturated rings. The fourth-order valence-corrected chi connectivity index (χ4v) is 2.50. The van der Waals surface area contributed by atoms with Crippen LogP contribution in [0.25, 0.3) is 0 Å². The van der Waals surface area contributed by atoms with Crippen molar-refractivity contribution < 1.29 is 22.6 Å². The first-order valence-electron chi connectivity index (χ1n) is 4.43. The number of hydrogen-bond acceptors (Lipinski definition) is 2. The Morgan fingerprint density at radius 2 is 1.33 bits per heavy atom. The molecule has 0 radical (unpaired) electrons. The van der Waals surface area contributed by atoms with Gasteiger partial charge in [-0.1, -0.05) is 0 Å². The van der Waals surface area contributed by atoms with Gasteiger partial charge in [0, 0.05) is 0 Å². The van der Waals surface area contributed by atoms with Gasteiger partial charge in [0.25, 0.3) is 0 Å². The predicted molar refractivity (Wildman–Crippen MR) is 54.5 cm³/mol. The molecule has 15 heavy (non-hydrogen) atoms. The van der Waals surface area contributed by atoms with Gasteiger partial charge >= 0.3 is 91.9 Å². The topological polar surface area (TPSA) is 37.3 Å². The first-order valence-corrected chi connectivity index (χ1v) is 5.89. The number of rotatable bonds is 2. The fraction of sp³-hybridized carbons (Fsp3) is 0. The molecule has 0 saturated carbocycles. The van der Waals surface area contributed by atoms with E-state index in [0.717, 1.165) is 9.00 Å². The van der Waals surface area contributed by atoms with Crippen LogP contribution in [0.3, 0.4) is 0 Å². The molecular formula is C12H10CoO2. The van der Waals surface area contributed by atoms with Gasteiger partial charge in [0.2, 0.25) is 0 Å². The third-order valence-electron chi connectivity index (χ3n) is 1.88. The molecule has 0 aliphatic heterocycles. The van der Waals surface area contributed by atoms with Crippen molar-refractivity contribution in [1.82, 2.24) is 0 Å². The Kier molecular flexibility index (Phi) is 2.94. The summed E-state index contributed by atoms with van der Waals surface area (Å²) in [5.41, 5.74) is 0. The summed E-state index contributed by atoms with van der Waals surface area (Å²) >= 11 is -1.52. The molecule has 0 bridgehead atoms. The summed E-state index contributed by atoms with van der Waals surface area (Å²) in [6.45, 7) is 0. The van der Waals surface area contributed by atoms with Crippen molar-refractivity contribution in [3.05, 3.63) is 54.6 Å². The van der Waals surface area contributed by atoms with Crippen molar-refractivity contribution in [1.29, 1.82) is 0 Å². The van der Waals surface area contributed by atoms with E-state index in [0.29, 0.717) is 0 Å². The number of hydrogen-bond donors (Lipinski definition) is 1. The van der Waals surface area contributed by atoms with Crippen LogP contribution in [0.15, 0.2) is 54.6 Å². The monoisotopic (exact) mass is 245 g/mol. The van der Waals surface area contributed by atoms with Gasteiger partial charge in [-0.2, -0.15) is 0 Å². The van der Waals surface area contributed by atoms with Crippen molar-refractivity contribution in [3.63, 3.8) is 0 Å². The minimum atomic E-state index is -1.52. The number of aromatic hydroxyl groups is 1. The Labute approximate surface area is 92.1 Å². The molecule has 0 heterocycles. The fourth-order valence-electron chi connectivity index (χ4n) is 1.15. The SMILES string of the molecule is [O]=[Co]([c]1ccccc1)[c]1ccc(O)cc1. The number of phenols is 1. The van der Waals surface area contributed by atoms with Crippen LogP contribution in [0.5, 0.6) is 5.75 Å². The van der Waals surface area contributed by atoms with Crippen molar-refractivity contribution in [2.24, 2.45) is 0 Å². The Hall–Kier alpha value is -1.45. The molecule has 79 valence electrons. The first-order chi connectivity index (χ1) is 7.27. The molecule has 0 amide bonds. The zero-order valence-corrected chi connectivity index (χ0v) is 8.93. The third-order valence-corrected chi connectivity index (χ3v) is 3.67. The Morgan fingerprint density at radius 1 is 0.800 bits per heavy atom. The van der Waals surface area contributed by atoms with E-state index in [1.54, 1.807) is 24.3 Å². The second-order valence-corrected chi connectivity index (χ2v) is 4.83. The van der Waals surface area contributed by atoms with Crippen molar-refractivity contribution in [2.75, 3.05) is 0 Å². The molecule has 0 saturated heterocycles. The van der Waals surface area contributed by atoms with Gasteiger partial charge in [-0.05, 0) is 0 Å². The predicted octanol–water partition coefficient (Wildman–Crippen LogP) is 1.31. The van der Waals surface area contributed by atoms with E-state index in [1.807, 2.05) is 30.3 Å². The van der Waals surface area contributed by atoms with Crippen LogP contribution >= 0.6 is 0 Å². The normalized spacial score (nSPS) is 11.1. The standard InChI is InChI=1S/C6H5O.C6H5.Co.O/c7-6-4-2-1-3-5-6;1-2-4-6-5-3-1;;/h2-5,7H;1-5H;;. The van der Waals surface area contributed by atoms with Crippen molar-refractivity contribution >= 4 is 9.00 Å². The number of benzene rings is 2. The summed E-state index contributed by atoms with van der Waals surface area (Å²) in [4.78, 5) is 0. The summed E-state index contributed by atoms with van der Waals surface area (Å²) in [5.74, 6) is 0.190. The van der Waals surface area contributed by atoms with Gasteiger partial charge < -0.3 is 0 Å². The molecule has 0 atom stereocenters. The molecule has 1 N–H and O–H groups in total. The van der Waals surface area contributed by atoms with Gasteiger partial charge in [0.15, 0.2) is 0 Å². The molecule has 0 spiro atoms. The van der Waals surface area contributed by atoms with Crippen LogP contribution < -0.4 is 9.00 Å². The molecule has 0 aliphatic carbocycles. The number of phenolic OH excluding ortho intramolecular Hbond substituents is 1. The summed E-state index contributed by atoms with van der Waals surface area (Å²) in [6, 6.07) is 15.7. The van der Waals surface area contributed by atoms with Gasteiger partial charge in [-0.15, -0.1) is 0 Å². The summed E-state index contributed by atoms with van der Waals surface area (Å²) < 4.78 is 13.6. The van der Waals surface area contributed by atoms with Crippen LogP contribution in [-0.4, -0.2) is 5.11 Å².